The lowest BCUT2D eigenvalue weighted by molar-refractivity contribution is 0.211. The third kappa shape index (κ3) is 4.60. The summed E-state index contributed by atoms with van der Waals surface area (Å²) in [6.45, 7) is 14.9. The average molecular weight is 274 g/mol. The molecule has 1 aliphatic heterocycles. The van der Waals surface area contributed by atoms with Crippen molar-refractivity contribution in [2.45, 2.75) is 47.2 Å². The molecule has 0 amide bonds. The van der Waals surface area contributed by atoms with Crippen LogP contribution < -0.4 is 5.32 Å². The van der Waals surface area contributed by atoms with Crippen LogP contribution in [0.5, 0.6) is 0 Å². The summed E-state index contributed by atoms with van der Waals surface area (Å²) in [7, 11) is 0. The second kappa shape index (κ2) is 7.24. The predicted molar refractivity (Wildman–Crippen MR) is 86.8 cm³/mol. The zero-order valence-electron chi connectivity index (χ0n) is 13.6. The van der Waals surface area contributed by atoms with Gasteiger partial charge in [-0.2, -0.15) is 0 Å². The van der Waals surface area contributed by atoms with Gasteiger partial charge in [-0.3, -0.25) is 4.90 Å². The highest BCUT2D eigenvalue weighted by Crippen LogP contribution is 2.18. The Bertz CT molecular complexity index is 413. The van der Waals surface area contributed by atoms with Crippen molar-refractivity contribution in [3.05, 3.63) is 34.9 Å². The lowest BCUT2D eigenvalue weighted by atomic mass is 9.98. The number of nitrogens with one attached hydrogen (secondary N) is 1. The molecule has 2 heteroatoms. The number of nitrogens with zero attached hydrogens (tertiary/aromatic N) is 1. The van der Waals surface area contributed by atoms with Crippen LogP contribution in [0.3, 0.4) is 0 Å². The van der Waals surface area contributed by atoms with Gasteiger partial charge in [0.25, 0.3) is 0 Å². The predicted octanol–water partition coefficient (Wildman–Crippen LogP) is 3.45. The second-order valence-electron chi connectivity index (χ2n) is 7.01. The molecule has 0 radical (unpaired) electrons. The van der Waals surface area contributed by atoms with E-state index in [0.717, 1.165) is 31.5 Å². The fraction of sp³-hybridized carbons (Fsp3) is 0.667. The Morgan fingerprint density at radius 2 is 1.75 bits per heavy atom. The fourth-order valence-electron chi connectivity index (χ4n) is 3.13. The number of hydrogen-bond acceptors (Lipinski definition) is 2. The van der Waals surface area contributed by atoms with Crippen molar-refractivity contribution in [3.63, 3.8) is 0 Å². The van der Waals surface area contributed by atoms with Gasteiger partial charge in [-0.05, 0) is 41.5 Å². The standard InChI is InChI=1S/C18H30N2/c1-14(2)11-20(12-15(3)4)13-16-5-6-17-7-8-19-10-18(17)9-16/h5-6,9,14-15,19H,7-8,10-13H2,1-4H3. The van der Waals surface area contributed by atoms with Crippen molar-refractivity contribution in [2.24, 2.45) is 11.8 Å². The third-order valence-electron chi connectivity index (χ3n) is 3.81. The Morgan fingerprint density at radius 1 is 1.05 bits per heavy atom. The Balaban J connectivity index is 2.05. The highest BCUT2D eigenvalue weighted by molar-refractivity contribution is 5.33. The van der Waals surface area contributed by atoms with Crippen molar-refractivity contribution >= 4 is 0 Å². The van der Waals surface area contributed by atoms with Crippen molar-refractivity contribution in [3.8, 4) is 0 Å². The summed E-state index contributed by atoms with van der Waals surface area (Å²) in [5, 5.41) is 3.47. The Morgan fingerprint density at radius 3 is 2.40 bits per heavy atom. The van der Waals surface area contributed by atoms with E-state index in [4.69, 9.17) is 0 Å². The number of fused-ring (bicyclic) bond motifs is 1. The minimum atomic E-state index is 0.730. The van der Waals surface area contributed by atoms with E-state index < -0.39 is 0 Å². The van der Waals surface area contributed by atoms with Gasteiger partial charge in [-0.15, -0.1) is 0 Å². The van der Waals surface area contributed by atoms with Gasteiger partial charge >= 0.3 is 0 Å². The van der Waals surface area contributed by atoms with Crippen LogP contribution in [-0.4, -0.2) is 24.5 Å². The van der Waals surface area contributed by atoms with E-state index in [2.05, 4.69) is 56.1 Å². The van der Waals surface area contributed by atoms with Crippen LogP contribution in [0.15, 0.2) is 18.2 Å². The first-order chi connectivity index (χ1) is 9.54. The molecule has 1 aromatic rings. The lowest BCUT2D eigenvalue weighted by Gasteiger charge is -2.27. The van der Waals surface area contributed by atoms with E-state index in [-0.39, 0.29) is 0 Å². The van der Waals surface area contributed by atoms with Crippen LogP contribution in [0.2, 0.25) is 0 Å². The van der Waals surface area contributed by atoms with Crippen molar-refractivity contribution < 1.29 is 0 Å². The highest BCUT2D eigenvalue weighted by Gasteiger charge is 2.13. The maximum Gasteiger partial charge on any atom is 0.0234 e. The molecular weight excluding hydrogens is 244 g/mol. The van der Waals surface area contributed by atoms with Crippen LogP contribution in [0, 0.1) is 11.8 Å². The van der Waals surface area contributed by atoms with Crippen molar-refractivity contribution in [1.29, 1.82) is 0 Å². The summed E-state index contributed by atoms with van der Waals surface area (Å²) in [6.07, 6.45) is 1.18. The van der Waals surface area contributed by atoms with Gasteiger partial charge in [-0.1, -0.05) is 45.9 Å². The van der Waals surface area contributed by atoms with Gasteiger partial charge in [0.05, 0.1) is 0 Å². The SMILES string of the molecule is CC(C)CN(Cc1ccc2c(c1)CNCC2)CC(C)C. The first-order valence-electron chi connectivity index (χ1n) is 8.08. The molecule has 2 rings (SSSR count). The molecule has 0 atom stereocenters. The van der Waals surface area contributed by atoms with Gasteiger partial charge in [0, 0.05) is 26.2 Å². The first kappa shape index (κ1) is 15.5. The molecule has 1 heterocycles. The lowest BCUT2D eigenvalue weighted by Crippen LogP contribution is -2.31. The topological polar surface area (TPSA) is 15.3 Å². The largest absolute Gasteiger partial charge is 0.312 e. The van der Waals surface area contributed by atoms with Gasteiger partial charge < -0.3 is 5.32 Å². The second-order valence-corrected chi connectivity index (χ2v) is 7.01. The van der Waals surface area contributed by atoms with Gasteiger partial charge in [-0.25, -0.2) is 0 Å². The molecule has 0 aliphatic carbocycles. The van der Waals surface area contributed by atoms with Gasteiger partial charge in [0.2, 0.25) is 0 Å². The minimum absolute atomic E-state index is 0.730. The van der Waals surface area contributed by atoms with Crippen LogP contribution in [0.4, 0.5) is 0 Å². The Hall–Kier alpha value is -0.860. The molecule has 20 heavy (non-hydrogen) atoms. The summed E-state index contributed by atoms with van der Waals surface area (Å²) in [5.41, 5.74) is 4.50. The molecule has 2 nitrogen and oxygen atoms in total. The van der Waals surface area contributed by atoms with E-state index in [9.17, 15) is 0 Å². The van der Waals surface area contributed by atoms with Gasteiger partial charge in [0.1, 0.15) is 0 Å². The molecule has 1 N–H and O–H groups in total. The highest BCUT2D eigenvalue weighted by atomic mass is 15.1. The molecule has 0 aromatic heterocycles. The average Bonchev–Trinajstić information content (AvgIpc) is 2.37. The molecule has 0 fully saturated rings. The number of hydrogen-bond donors (Lipinski definition) is 1. The molecule has 0 spiro atoms. The summed E-state index contributed by atoms with van der Waals surface area (Å²) in [4.78, 5) is 2.60. The maximum absolute atomic E-state index is 3.47. The molecule has 0 unspecified atom stereocenters. The van der Waals surface area contributed by atoms with E-state index in [1.165, 1.54) is 36.2 Å². The number of benzene rings is 1. The van der Waals surface area contributed by atoms with Gasteiger partial charge in [0.15, 0.2) is 0 Å². The summed E-state index contributed by atoms with van der Waals surface area (Å²) < 4.78 is 0. The van der Waals surface area contributed by atoms with Crippen molar-refractivity contribution in [2.75, 3.05) is 19.6 Å². The van der Waals surface area contributed by atoms with Crippen LogP contribution in [0.25, 0.3) is 0 Å². The minimum Gasteiger partial charge on any atom is -0.312 e. The van der Waals surface area contributed by atoms with Crippen LogP contribution in [-0.2, 0) is 19.5 Å². The van der Waals surface area contributed by atoms with Crippen molar-refractivity contribution in [1.82, 2.24) is 10.2 Å². The fourth-order valence-corrected chi connectivity index (χ4v) is 3.13. The Labute approximate surface area is 124 Å². The van der Waals surface area contributed by atoms with Crippen LogP contribution >= 0.6 is 0 Å². The summed E-state index contributed by atoms with van der Waals surface area (Å²) >= 11 is 0. The molecule has 112 valence electrons. The molecule has 0 saturated heterocycles. The zero-order chi connectivity index (χ0) is 14.5. The molecule has 1 aliphatic rings. The molecular formula is C18H30N2. The maximum atomic E-state index is 3.47. The summed E-state index contributed by atoms with van der Waals surface area (Å²) in [6, 6.07) is 7.08. The quantitative estimate of drug-likeness (QED) is 0.855. The first-order valence-corrected chi connectivity index (χ1v) is 8.08. The van der Waals surface area contributed by atoms with E-state index in [0.29, 0.717) is 0 Å². The van der Waals surface area contributed by atoms with Crippen LogP contribution in [0.1, 0.15) is 44.4 Å². The molecule has 0 saturated carbocycles. The summed E-state index contributed by atoms with van der Waals surface area (Å²) in [5.74, 6) is 1.46. The number of rotatable bonds is 6. The monoisotopic (exact) mass is 274 g/mol. The Kier molecular flexibility index (Phi) is 5.62. The molecule has 1 aromatic carbocycles. The molecule has 0 bridgehead atoms. The smallest absolute Gasteiger partial charge is 0.0234 e. The normalized spacial score (nSPS) is 15.2. The van der Waals surface area contributed by atoms with E-state index in [1.807, 2.05) is 0 Å². The van der Waals surface area contributed by atoms with E-state index in [1.54, 1.807) is 0 Å². The third-order valence-corrected chi connectivity index (χ3v) is 3.81. The zero-order valence-corrected chi connectivity index (χ0v) is 13.6. The van der Waals surface area contributed by atoms with E-state index >= 15 is 0 Å².